The van der Waals surface area contributed by atoms with Gasteiger partial charge >= 0.3 is 0 Å². The third kappa shape index (κ3) is 5.50. The van der Waals surface area contributed by atoms with Crippen LogP contribution < -0.4 is 5.32 Å². The Morgan fingerprint density at radius 1 is 0.939 bits per heavy atom. The Kier molecular flexibility index (Phi) is 6.93. The predicted octanol–water partition coefficient (Wildman–Crippen LogP) is 4.33. The maximum absolute atomic E-state index is 13.2. The molecule has 7 heteroatoms. The van der Waals surface area contributed by atoms with Gasteiger partial charge in [-0.3, -0.25) is 4.79 Å². The van der Waals surface area contributed by atoms with Crippen LogP contribution in [0, 0.1) is 0 Å². The van der Waals surface area contributed by atoms with E-state index in [9.17, 15) is 13.2 Å². The largest absolute Gasteiger partial charge is 0.373 e. The van der Waals surface area contributed by atoms with E-state index in [4.69, 9.17) is 4.74 Å². The Morgan fingerprint density at radius 3 is 2.33 bits per heavy atom. The van der Waals surface area contributed by atoms with Crippen molar-refractivity contribution >= 4 is 21.6 Å². The molecule has 1 heterocycles. The summed E-state index contributed by atoms with van der Waals surface area (Å²) < 4.78 is 33.5. The molecule has 1 fully saturated rings. The van der Waals surface area contributed by atoms with E-state index in [0.29, 0.717) is 17.7 Å². The number of carbonyl (C=O) groups excluding carboxylic acids is 1. The molecule has 4 rings (SSSR count). The Bertz CT molecular complexity index is 1220. The first kappa shape index (κ1) is 23.2. The monoisotopic (exact) mass is 464 g/mol. The molecule has 0 radical (unpaired) electrons. The predicted molar refractivity (Wildman–Crippen MR) is 129 cm³/mol. The Morgan fingerprint density at radius 2 is 1.61 bits per heavy atom. The van der Waals surface area contributed by atoms with Crippen molar-refractivity contribution in [3.8, 4) is 0 Å². The number of hydrogen-bond acceptors (Lipinski definition) is 4. The molecule has 0 saturated carbocycles. The van der Waals surface area contributed by atoms with Gasteiger partial charge in [-0.05, 0) is 55.7 Å². The first-order valence-electron chi connectivity index (χ1n) is 11.0. The van der Waals surface area contributed by atoms with Crippen LogP contribution in [0.2, 0.25) is 0 Å². The minimum Gasteiger partial charge on any atom is -0.373 e. The summed E-state index contributed by atoms with van der Waals surface area (Å²) in [5.74, 6) is -0.351. The average Bonchev–Trinajstić information content (AvgIpc) is 2.80. The summed E-state index contributed by atoms with van der Waals surface area (Å²) >= 11 is 0. The highest BCUT2D eigenvalue weighted by Crippen LogP contribution is 2.24. The molecule has 3 aromatic rings. The van der Waals surface area contributed by atoms with Crippen molar-refractivity contribution < 1.29 is 17.9 Å². The first-order chi connectivity index (χ1) is 15.8. The topological polar surface area (TPSA) is 75.7 Å². The number of rotatable bonds is 6. The number of para-hydroxylation sites is 1. The lowest BCUT2D eigenvalue weighted by atomic mass is 10.0. The maximum atomic E-state index is 13.2. The van der Waals surface area contributed by atoms with Crippen LogP contribution in [0.25, 0.3) is 0 Å². The fourth-order valence-electron chi connectivity index (χ4n) is 4.08. The van der Waals surface area contributed by atoms with Crippen LogP contribution in [0.3, 0.4) is 0 Å². The SMILES string of the molecule is C[C@H]1CN(S(=O)(=O)c2cccc(C(=O)Nc3ccccc3Cc3ccccc3)c2)C[C@H](C)O1. The van der Waals surface area contributed by atoms with Crippen molar-refractivity contribution in [2.75, 3.05) is 18.4 Å². The van der Waals surface area contributed by atoms with Crippen LogP contribution in [0.5, 0.6) is 0 Å². The van der Waals surface area contributed by atoms with Crippen LogP contribution in [0.15, 0.2) is 83.8 Å². The van der Waals surface area contributed by atoms with E-state index < -0.39 is 10.0 Å². The third-order valence-electron chi connectivity index (χ3n) is 5.62. The summed E-state index contributed by atoms with van der Waals surface area (Å²) in [4.78, 5) is 13.1. The summed E-state index contributed by atoms with van der Waals surface area (Å²) in [7, 11) is -3.73. The maximum Gasteiger partial charge on any atom is 0.255 e. The van der Waals surface area contributed by atoms with Gasteiger partial charge in [-0.2, -0.15) is 4.31 Å². The van der Waals surface area contributed by atoms with Gasteiger partial charge in [-0.15, -0.1) is 0 Å². The molecule has 3 aromatic carbocycles. The summed E-state index contributed by atoms with van der Waals surface area (Å²) in [6.45, 7) is 4.29. The molecule has 0 bridgehead atoms. The van der Waals surface area contributed by atoms with Crippen LogP contribution in [0.1, 0.15) is 35.3 Å². The highest BCUT2D eigenvalue weighted by atomic mass is 32.2. The van der Waals surface area contributed by atoms with Crippen LogP contribution >= 0.6 is 0 Å². The van der Waals surface area contributed by atoms with Crippen molar-refractivity contribution in [3.05, 3.63) is 95.6 Å². The number of nitrogens with one attached hydrogen (secondary N) is 1. The normalized spacial score (nSPS) is 19.2. The molecule has 6 nitrogen and oxygen atoms in total. The van der Waals surface area contributed by atoms with Crippen LogP contribution in [-0.2, 0) is 21.2 Å². The first-order valence-corrected chi connectivity index (χ1v) is 12.5. The number of hydrogen-bond donors (Lipinski definition) is 1. The van der Waals surface area contributed by atoms with Crippen LogP contribution in [-0.4, -0.2) is 43.9 Å². The molecular weight excluding hydrogens is 436 g/mol. The number of carbonyl (C=O) groups is 1. The zero-order valence-corrected chi connectivity index (χ0v) is 19.6. The van der Waals surface area contributed by atoms with Gasteiger partial charge in [0.2, 0.25) is 10.0 Å². The summed E-state index contributed by atoms with van der Waals surface area (Å²) in [6.07, 6.45) is 0.311. The molecule has 0 aromatic heterocycles. The summed E-state index contributed by atoms with van der Waals surface area (Å²) in [5, 5.41) is 2.95. The number of ether oxygens (including phenoxy) is 1. The molecule has 1 amide bonds. The number of benzene rings is 3. The third-order valence-corrected chi connectivity index (χ3v) is 7.45. The lowest BCUT2D eigenvalue weighted by molar-refractivity contribution is -0.0440. The molecule has 0 spiro atoms. The second-order valence-electron chi connectivity index (χ2n) is 8.38. The number of nitrogens with zero attached hydrogens (tertiary/aromatic N) is 1. The Hall–Kier alpha value is -3.00. The van der Waals surface area contributed by atoms with Crippen molar-refractivity contribution in [1.29, 1.82) is 0 Å². The van der Waals surface area contributed by atoms with E-state index in [1.807, 2.05) is 68.4 Å². The van der Waals surface area contributed by atoms with E-state index in [0.717, 1.165) is 11.1 Å². The zero-order chi connectivity index (χ0) is 23.4. The van der Waals surface area contributed by atoms with Crippen molar-refractivity contribution in [1.82, 2.24) is 4.31 Å². The van der Waals surface area contributed by atoms with Crippen molar-refractivity contribution in [3.63, 3.8) is 0 Å². The molecule has 1 aliphatic heterocycles. The van der Waals surface area contributed by atoms with Gasteiger partial charge < -0.3 is 10.1 Å². The second-order valence-corrected chi connectivity index (χ2v) is 10.3. The molecule has 33 heavy (non-hydrogen) atoms. The lowest BCUT2D eigenvalue weighted by Crippen LogP contribution is -2.48. The smallest absolute Gasteiger partial charge is 0.255 e. The van der Waals surface area contributed by atoms with E-state index >= 15 is 0 Å². The average molecular weight is 465 g/mol. The van der Waals surface area contributed by atoms with E-state index in [-0.39, 0.29) is 36.1 Å². The lowest BCUT2D eigenvalue weighted by Gasteiger charge is -2.34. The van der Waals surface area contributed by atoms with Gasteiger partial charge in [-0.25, -0.2) is 8.42 Å². The van der Waals surface area contributed by atoms with Gasteiger partial charge in [-0.1, -0.05) is 54.6 Å². The number of morpholine rings is 1. The van der Waals surface area contributed by atoms with Crippen LogP contribution in [0.4, 0.5) is 5.69 Å². The van der Waals surface area contributed by atoms with Gasteiger partial charge in [0.15, 0.2) is 0 Å². The molecule has 172 valence electrons. The van der Waals surface area contributed by atoms with Gasteiger partial charge in [0.1, 0.15) is 0 Å². The molecule has 2 atom stereocenters. The van der Waals surface area contributed by atoms with Crippen molar-refractivity contribution in [2.45, 2.75) is 37.4 Å². The molecule has 1 aliphatic rings. The van der Waals surface area contributed by atoms with E-state index in [2.05, 4.69) is 5.32 Å². The Labute approximate surface area is 195 Å². The van der Waals surface area contributed by atoms with Crippen molar-refractivity contribution in [2.24, 2.45) is 0 Å². The molecular formula is C26H28N2O4S. The molecule has 1 N–H and O–H groups in total. The summed E-state index contributed by atoms with van der Waals surface area (Å²) in [6, 6.07) is 23.8. The van der Waals surface area contributed by atoms with E-state index in [1.165, 1.54) is 16.4 Å². The number of sulfonamides is 1. The quantitative estimate of drug-likeness (QED) is 0.589. The minimum atomic E-state index is -3.73. The Balaban J connectivity index is 1.54. The summed E-state index contributed by atoms with van der Waals surface area (Å²) in [5.41, 5.74) is 3.12. The number of amides is 1. The van der Waals surface area contributed by atoms with Gasteiger partial charge in [0.25, 0.3) is 5.91 Å². The standard InChI is InChI=1S/C26H28N2O4S/c1-19-17-28(18-20(2)32-19)33(30,31)24-13-8-12-23(16-24)26(29)27-25-14-7-6-11-22(25)15-21-9-4-3-5-10-21/h3-14,16,19-20H,15,17-18H2,1-2H3,(H,27,29)/t19-,20-/m0/s1. The minimum absolute atomic E-state index is 0.106. The fourth-order valence-corrected chi connectivity index (χ4v) is 5.72. The molecule has 1 saturated heterocycles. The zero-order valence-electron chi connectivity index (χ0n) is 18.8. The number of anilines is 1. The fraction of sp³-hybridized carbons (Fsp3) is 0.269. The highest BCUT2D eigenvalue weighted by molar-refractivity contribution is 7.89. The second kappa shape index (κ2) is 9.87. The molecule has 0 unspecified atom stereocenters. The van der Waals surface area contributed by atoms with Gasteiger partial charge in [0.05, 0.1) is 17.1 Å². The highest BCUT2D eigenvalue weighted by Gasteiger charge is 2.32. The van der Waals surface area contributed by atoms with Gasteiger partial charge in [0, 0.05) is 24.3 Å². The molecule has 0 aliphatic carbocycles. The van der Waals surface area contributed by atoms with E-state index in [1.54, 1.807) is 12.1 Å².